The van der Waals surface area contributed by atoms with Crippen molar-refractivity contribution >= 4 is 38.8 Å². The summed E-state index contributed by atoms with van der Waals surface area (Å²) in [6.07, 6.45) is 0. The van der Waals surface area contributed by atoms with Crippen LogP contribution in [0.1, 0.15) is 31.8 Å². The van der Waals surface area contributed by atoms with E-state index in [0.717, 1.165) is 26.4 Å². The molecule has 4 aromatic rings. The highest BCUT2D eigenvalue weighted by atomic mass is 32.1. The van der Waals surface area contributed by atoms with Crippen molar-refractivity contribution in [2.45, 2.75) is 13.0 Å². The van der Waals surface area contributed by atoms with Crippen molar-refractivity contribution in [3.05, 3.63) is 74.7 Å². The van der Waals surface area contributed by atoms with Crippen LogP contribution in [0.5, 0.6) is 0 Å². The fraction of sp³-hybridized carbons (Fsp3) is 0.158. The molecule has 0 saturated carbocycles. The number of fused-ring (bicyclic) bond motifs is 1. The number of benzene rings is 1. The van der Waals surface area contributed by atoms with Gasteiger partial charge in [-0.15, -0.1) is 22.7 Å². The molecule has 0 saturated heterocycles. The Kier molecular flexibility index (Phi) is 4.34. The minimum absolute atomic E-state index is 0.145. The number of amides is 1. The van der Waals surface area contributed by atoms with Crippen LogP contribution in [0.25, 0.3) is 10.2 Å². The Morgan fingerprint density at radius 1 is 1.27 bits per heavy atom. The molecular formula is C19H16FN3OS2. The van der Waals surface area contributed by atoms with E-state index < -0.39 is 0 Å². The van der Waals surface area contributed by atoms with Crippen molar-refractivity contribution in [3.8, 4) is 0 Å². The van der Waals surface area contributed by atoms with Crippen LogP contribution in [0.3, 0.4) is 0 Å². The molecule has 1 N–H and O–H groups in total. The summed E-state index contributed by atoms with van der Waals surface area (Å²) in [6, 6.07) is 11.7. The van der Waals surface area contributed by atoms with E-state index in [1.165, 1.54) is 23.5 Å². The van der Waals surface area contributed by atoms with E-state index in [9.17, 15) is 9.18 Å². The highest BCUT2D eigenvalue weighted by molar-refractivity contribution is 7.20. The molecule has 1 amide bonds. The third kappa shape index (κ3) is 3.04. The molecule has 4 nitrogen and oxygen atoms in total. The summed E-state index contributed by atoms with van der Waals surface area (Å²) < 4.78 is 15.1. The Morgan fingerprint density at radius 2 is 2.04 bits per heavy atom. The maximum Gasteiger partial charge on any atom is 0.262 e. The van der Waals surface area contributed by atoms with Crippen molar-refractivity contribution in [1.29, 1.82) is 0 Å². The van der Waals surface area contributed by atoms with E-state index in [2.05, 4.69) is 10.4 Å². The van der Waals surface area contributed by atoms with Crippen LogP contribution in [-0.4, -0.2) is 15.7 Å². The van der Waals surface area contributed by atoms with Gasteiger partial charge in [-0.1, -0.05) is 18.2 Å². The molecule has 0 bridgehead atoms. The first kappa shape index (κ1) is 16.9. The summed E-state index contributed by atoms with van der Waals surface area (Å²) in [4.78, 5) is 15.5. The topological polar surface area (TPSA) is 46.9 Å². The number of nitrogens with zero attached hydrogens (tertiary/aromatic N) is 2. The monoisotopic (exact) mass is 385 g/mol. The molecule has 3 aromatic heterocycles. The first-order chi connectivity index (χ1) is 12.5. The van der Waals surface area contributed by atoms with Crippen molar-refractivity contribution in [2.75, 3.05) is 0 Å². The lowest BCUT2D eigenvalue weighted by molar-refractivity contribution is 0.0947. The third-order valence-corrected chi connectivity index (χ3v) is 6.36. The van der Waals surface area contributed by atoms with Crippen molar-refractivity contribution in [3.63, 3.8) is 0 Å². The number of nitrogens with one attached hydrogen (secondary N) is 1. The molecule has 0 aliphatic carbocycles. The van der Waals surface area contributed by atoms with Crippen LogP contribution in [0.4, 0.5) is 4.39 Å². The Balaban J connectivity index is 1.67. The first-order valence-electron chi connectivity index (χ1n) is 8.06. The second-order valence-corrected chi connectivity index (χ2v) is 8.02. The van der Waals surface area contributed by atoms with Crippen molar-refractivity contribution in [1.82, 2.24) is 15.1 Å². The number of thiophene rings is 2. The normalized spacial score (nSPS) is 12.4. The average molecular weight is 385 g/mol. The Labute approximate surface area is 157 Å². The van der Waals surface area contributed by atoms with Crippen LogP contribution < -0.4 is 5.32 Å². The smallest absolute Gasteiger partial charge is 0.262 e. The predicted octanol–water partition coefficient (Wildman–Crippen LogP) is 4.66. The maximum atomic E-state index is 13.3. The summed E-state index contributed by atoms with van der Waals surface area (Å²) in [6.45, 7) is 1.93. The van der Waals surface area contributed by atoms with Crippen LogP contribution in [-0.2, 0) is 7.05 Å². The molecule has 7 heteroatoms. The summed E-state index contributed by atoms with van der Waals surface area (Å²) in [5.74, 6) is -0.439. The standard InChI is InChI=1S/C19H16FN3OS2/c1-11-14-10-16(26-19(14)23(2)22-11)18(24)21-17(15-4-3-9-25-15)12-5-7-13(20)8-6-12/h3-10,17H,1-2H3,(H,21,24)/t17-/m0/s1. The molecule has 0 aliphatic heterocycles. The van der Waals surface area contributed by atoms with Crippen molar-refractivity contribution < 1.29 is 9.18 Å². The van der Waals surface area contributed by atoms with Gasteiger partial charge in [0, 0.05) is 17.3 Å². The summed E-state index contributed by atoms with van der Waals surface area (Å²) >= 11 is 2.98. The molecule has 26 heavy (non-hydrogen) atoms. The third-order valence-electron chi connectivity index (χ3n) is 4.23. The second-order valence-electron chi connectivity index (χ2n) is 6.01. The van der Waals surface area contributed by atoms with E-state index in [1.807, 2.05) is 37.6 Å². The Morgan fingerprint density at radius 3 is 2.69 bits per heavy atom. The highest BCUT2D eigenvalue weighted by Crippen LogP contribution is 2.30. The van der Waals surface area contributed by atoms with Gasteiger partial charge in [-0.2, -0.15) is 5.10 Å². The summed E-state index contributed by atoms with van der Waals surface area (Å²) in [7, 11) is 1.88. The second kappa shape index (κ2) is 6.66. The number of aromatic nitrogens is 2. The Bertz CT molecular complexity index is 1030. The van der Waals surface area contributed by atoms with Gasteiger partial charge in [0.15, 0.2) is 0 Å². The molecular weight excluding hydrogens is 369 g/mol. The minimum atomic E-state index is -0.312. The fourth-order valence-electron chi connectivity index (χ4n) is 2.95. The Hall–Kier alpha value is -2.51. The predicted molar refractivity (Wildman–Crippen MR) is 103 cm³/mol. The molecule has 132 valence electrons. The van der Waals surface area contributed by atoms with Gasteiger partial charge in [-0.25, -0.2) is 4.39 Å². The van der Waals surface area contributed by atoms with Gasteiger partial charge in [0.2, 0.25) is 0 Å². The van der Waals surface area contributed by atoms with Crippen LogP contribution in [0.15, 0.2) is 47.8 Å². The molecule has 3 heterocycles. The van der Waals surface area contributed by atoms with Gasteiger partial charge in [-0.05, 0) is 42.1 Å². The SMILES string of the molecule is Cc1nn(C)c2sc(C(=O)N[C@@H](c3ccc(F)cc3)c3cccs3)cc12. The highest BCUT2D eigenvalue weighted by Gasteiger charge is 2.21. The summed E-state index contributed by atoms with van der Waals surface area (Å²) in [5.41, 5.74) is 1.76. The van der Waals surface area contributed by atoms with E-state index in [0.29, 0.717) is 4.88 Å². The summed E-state index contributed by atoms with van der Waals surface area (Å²) in [5, 5.41) is 10.4. The number of carbonyl (C=O) groups excluding carboxylic acids is 1. The molecule has 4 rings (SSSR count). The first-order valence-corrected chi connectivity index (χ1v) is 9.75. The largest absolute Gasteiger partial charge is 0.340 e. The van der Waals surface area contributed by atoms with Gasteiger partial charge in [-0.3, -0.25) is 9.48 Å². The molecule has 0 spiro atoms. The fourth-order valence-corrected chi connectivity index (χ4v) is 4.78. The van der Waals surface area contributed by atoms with Gasteiger partial charge in [0.1, 0.15) is 10.6 Å². The van der Waals surface area contributed by atoms with E-state index >= 15 is 0 Å². The quantitative estimate of drug-likeness (QED) is 0.555. The van der Waals surface area contributed by atoms with Crippen LogP contribution in [0.2, 0.25) is 0 Å². The molecule has 0 aliphatic rings. The minimum Gasteiger partial charge on any atom is -0.340 e. The van der Waals surface area contributed by atoms with Gasteiger partial charge in [0.25, 0.3) is 5.91 Å². The van der Waals surface area contributed by atoms with Gasteiger partial charge >= 0.3 is 0 Å². The molecule has 0 unspecified atom stereocenters. The lowest BCUT2D eigenvalue weighted by atomic mass is 10.1. The molecule has 0 fully saturated rings. The van der Waals surface area contributed by atoms with Crippen LogP contribution >= 0.6 is 22.7 Å². The lowest BCUT2D eigenvalue weighted by Crippen LogP contribution is -2.28. The zero-order valence-corrected chi connectivity index (χ0v) is 15.8. The zero-order valence-electron chi connectivity index (χ0n) is 14.2. The number of hydrogen-bond donors (Lipinski definition) is 1. The molecule has 1 aromatic carbocycles. The van der Waals surface area contributed by atoms with Crippen molar-refractivity contribution in [2.24, 2.45) is 7.05 Å². The molecule has 0 radical (unpaired) electrons. The number of rotatable bonds is 4. The lowest BCUT2D eigenvalue weighted by Gasteiger charge is -2.17. The number of hydrogen-bond acceptors (Lipinski definition) is 4. The zero-order chi connectivity index (χ0) is 18.3. The van der Waals surface area contributed by atoms with Gasteiger partial charge in [0.05, 0.1) is 16.6 Å². The number of carbonyl (C=O) groups is 1. The van der Waals surface area contributed by atoms with Crippen LogP contribution in [0, 0.1) is 12.7 Å². The van der Waals surface area contributed by atoms with E-state index in [4.69, 9.17) is 0 Å². The maximum absolute atomic E-state index is 13.3. The van der Waals surface area contributed by atoms with E-state index in [1.54, 1.807) is 28.2 Å². The molecule has 1 atom stereocenters. The number of aryl methyl sites for hydroxylation is 2. The van der Waals surface area contributed by atoms with E-state index in [-0.39, 0.29) is 17.8 Å². The van der Waals surface area contributed by atoms with Gasteiger partial charge < -0.3 is 5.32 Å². The average Bonchev–Trinajstić information content (AvgIpc) is 3.34. The number of halogens is 1.